The van der Waals surface area contributed by atoms with Crippen LogP contribution >= 0.6 is 0 Å². The zero-order chi connectivity index (χ0) is 14.4. The molecule has 4 nitrogen and oxygen atoms in total. The number of hydrogen-bond donors (Lipinski definition) is 2. The van der Waals surface area contributed by atoms with Gasteiger partial charge in [0.05, 0.1) is 12.8 Å². The number of ether oxygens (including phenoxy) is 1. The van der Waals surface area contributed by atoms with Gasteiger partial charge < -0.3 is 15.8 Å². The lowest BCUT2D eigenvalue weighted by atomic mass is 9.87. The summed E-state index contributed by atoms with van der Waals surface area (Å²) in [6.45, 7) is 0.528. The summed E-state index contributed by atoms with van der Waals surface area (Å²) in [5, 5.41) is 2.98. The molecule has 1 amide bonds. The monoisotopic (exact) mass is 276 g/mol. The summed E-state index contributed by atoms with van der Waals surface area (Å²) in [4.78, 5) is 11.9. The summed E-state index contributed by atoms with van der Waals surface area (Å²) < 4.78 is 5.11. The number of nitrogen functional groups attached to an aromatic ring is 1. The lowest BCUT2D eigenvalue weighted by Gasteiger charge is -2.20. The fraction of sp³-hybridized carbons (Fsp3) is 0.562. The Morgan fingerprint density at radius 2 is 2.10 bits per heavy atom. The first-order valence-electron chi connectivity index (χ1n) is 7.38. The Labute approximate surface area is 120 Å². The van der Waals surface area contributed by atoms with Crippen molar-refractivity contribution in [1.29, 1.82) is 0 Å². The SMILES string of the molecule is COc1ccc(CNC(=O)CC2CCCCC2)cc1N. The van der Waals surface area contributed by atoms with Gasteiger partial charge in [-0.25, -0.2) is 0 Å². The van der Waals surface area contributed by atoms with Crippen LogP contribution < -0.4 is 15.8 Å². The van der Waals surface area contributed by atoms with E-state index in [9.17, 15) is 4.79 Å². The number of carbonyl (C=O) groups is 1. The number of nitrogens with two attached hydrogens (primary N) is 1. The number of benzene rings is 1. The van der Waals surface area contributed by atoms with Crippen molar-refractivity contribution < 1.29 is 9.53 Å². The van der Waals surface area contributed by atoms with E-state index in [0.29, 0.717) is 30.3 Å². The third kappa shape index (κ3) is 4.15. The molecule has 0 unspecified atom stereocenters. The average Bonchev–Trinajstić information content (AvgIpc) is 2.46. The van der Waals surface area contributed by atoms with Crippen molar-refractivity contribution in [2.24, 2.45) is 5.92 Å². The van der Waals surface area contributed by atoms with Crippen LogP contribution in [0.15, 0.2) is 18.2 Å². The normalized spacial score (nSPS) is 15.8. The van der Waals surface area contributed by atoms with Crippen molar-refractivity contribution in [2.45, 2.75) is 45.1 Å². The summed E-state index contributed by atoms with van der Waals surface area (Å²) in [5.74, 6) is 1.39. The standard InChI is InChI=1S/C16H24N2O2/c1-20-15-8-7-13(9-14(15)17)11-18-16(19)10-12-5-3-2-4-6-12/h7-9,12H,2-6,10-11,17H2,1H3,(H,18,19). The predicted molar refractivity (Wildman–Crippen MR) is 80.4 cm³/mol. The number of rotatable bonds is 5. The highest BCUT2D eigenvalue weighted by atomic mass is 16.5. The van der Waals surface area contributed by atoms with E-state index in [-0.39, 0.29) is 5.91 Å². The number of nitrogens with one attached hydrogen (secondary N) is 1. The highest BCUT2D eigenvalue weighted by Crippen LogP contribution is 2.26. The van der Waals surface area contributed by atoms with Crippen LogP contribution in [0.1, 0.15) is 44.1 Å². The minimum atomic E-state index is 0.145. The number of amides is 1. The van der Waals surface area contributed by atoms with Gasteiger partial charge in [0, 0.05) is 13.0 Å². The fourth-order valence-corrected chi connectivity index (χ4v) is 2.82. The van der Waals surface area contributed by atoms with Gasteiger partial charge in [-0.1, -0.05) is 25.3 Å². The molecule has 4 heteroatoms. The Bertz CT molecular complexity index is 454. The first kappa shape index (κ1) is 14.7. The van der Waals surface area contributed by atoms with Gasteiger partial charge in [0.1, 0.15) is 5.75 Å². The van der Waals surface area contributed by atoms with E-state index < -0.39 is 0 Å². The van der Waals surface area contributed by atoms with E-state index in [4.69, 9.17) is 10.5 Å². The Balaban J connectivity index is 1.79. The maximum atomic E-state index is 11.9. The van der Waals surface area contributed by atoms with Crippen LogP contribution in [-0.4, -0.2) is 13.0 Å². The quantitative estimate of drug-likeness (QED) is 0.813. The van der Waals surface area contributed by atoms with E-state index in [1.54, 1.807) is 7.11 Å². The van der Waals surface area contributed by atoms with Crippen LogP contribution in [-0.2, 0) is 11.3 Å². The largest absolute Gasteiger partial charge is 0.495 e. The van der Waals surface area contributed by atoms with Gasteiger partial charge in [0.25, 0.3) is 0 Å². The zero-order valence-electron chi connectivity index (χ0n) is 12.2. The summed E-state index contributed by atoms with van der Waals surface area (Å²) in [7, 11) is 1.59. The molecule has 1 aliphatic rings. The Kier molecular flexibility index (Phi) is 5.27. The molecular weight excluding hydrogens is 252 g/mol. The van der Waals surface area contributed by atoms with Crippen molar-refractivity contribution in [3.63, 3.8) is 0 Å². The van der Waals surface area contributed by atoms with Crippen molar-refractivity contribution in [1.82, 2.24) is 5.32 Å². The molecule has 0 heterocycles. The average molecular weight is 276 g/mol. The summed E-state index contributed by atoms with van der Waals surface area (Å²) >= 11 is 0. The van der Waals surface area contributed by atoms with E-state index in [0.717, 1.165) is 5.56 Å². The Morgan fingerprint density at radius 1 is 1.35 bits per heavy atom. The highest BCUT2D eigenvalue weighted by Gasteiger charge is 2.16. The first-order chi connectivity index (χ1) is 9.69. The maximum Gasteiger partial charge on any atom is 0.220 e. The zero-order valence-corrected chi connectivity index (χ0v) is 12.2. The van der Waals surface area contributed by atoms with Gasteiger partial charge in [-0.05, 0) is 36.5 Å². The van der Waals surface area contributed by atoms with E-state index >= 15 is 0 Å². The molecule has 1 saturated carbocycles. The van der Waals surface area contributed by atoms with Crippen LogP contribution in [0.25, 0.3) is 0 Å². The molecule has 0 radical (unpaired) electrons. The van der Waals surface area contributed by atoms with E-state index in [1.165, 1.54) is 32.1 Å². The molecule has 1 aromatic rings. The lowest BCUT2D eigenvalue weighted by molar-refractivity contribution is -0.122. The topological polar surface area (TPSA) is 64.3 Å². The van der Waals surface area contributed by atoms with Crippen molar-refractivity contribution in [3.05, 3.63) is 23.8 Å². The van der Waals surface area contributed by atoms with Gasteiger partial charge in [-0.3, -0.25) is 4.79 Å². The molecule has 1 aromatic carbocycles. The Morgan fingerprint density at radius 3 is 2.75 bits per heavy atom. The van der Waals surface area contributed by atoms with Crippen LogP contribution in [0, 0.1) is 5.92 Å². The predicted octanol–water partition coefficient (Wildman–Crippen LogP) is 2.86. The molecule has 20 heavy (non-hydrogen) atoms. The smallest absolute Gasteiger partial charge is 0.220 e. The summed E-state index contributed by atoms with van der Waals surface area (Å²) in [5.41, 5.74) is 7.45. The number of methoxy groups -OCH3 is 1. The second kappa shape index (κ2) is 7.17. The molecule has 0 atom stereocenters. The highest BCUT2D eigenvalue weighted by molar-refractivity contribution is 5.76. The van der Waals surface area contributed by atoms with E-state index in [1.807, 2.05) is 18.2 Å². The van der Waals surface area contributed by atoms with Crippen LogP contribution in [0.3, 0.4) is 0 Å². The van der Waals surface area contributed by atoms with Crippen LogP contribution in [0.5, 0.6) is 5.75 Å². The Hall–Kier alpha value is -1.71. The molecule has 1 fully saturated rings. The van der Waals surface area contributed by atoms with Gasteiger partial charge >= 0.3 is 0 Å². The third-order valence-electron chi connectivity index (χ3n) is 3.98. The van der Waals surface area contributed by atoms with Crippen LogP contribution in [0.2, 0.25) is 0 Å². The third-order valence-corrected chi connectivity index (χ3v) is 3.98. The molecule has 2 rings (SSSR count). The van der Waals surface area contributed by atoms with Crippen LogP contribution in [0.4, 0.5) is 5.69 Å². The molecule has 0 saturated heterocycles. The second-order valence-electron chi connectivity index (χ2n) is 5.56. The van der Waals surface area contributed by atoms with Gasteiger partial charge in [0.15, 0.2) is 0 Å². The molecule has 0 aliphatic heterocycles. The molecule has 3 N–H and O–H groups in total. The summed E-state index contributed by atoms with van der Waals surface area (Å²) in [6.07, 6.45) is 6.92. The number of anilines is 1. The fourth-order valence-electron chi connectivity index (χ4n) is 2.82. The van der Waals surface area contributed by atoms with Crippen molar-refractivity contribution in [2.75, 3.05) is 12.8 Å². The van der Waals surface area contributed by atoms with Gasteiger partial charge in [-0.15, -0.1) is 0 Å². The molecule has 0 aromatic heterocycles. The minimum Gasteiger partial charge on any atom is -0.495 e. The maximum absolute atomic E-state index is 11.9. The molecule has 0 spiro atoms. The minimum absolute atomic E-state index is 0.145. The van der Waals surface area contributed by atoms with Gasteiger partial charge in [-0.2, -0.15) is 0 Å². The number of carbonyl (C=O) groups excluding carboxylic acids is 1. The molecular formula is C16H24N2O2. The first-order valence-corrected chi connectivity index (χ1v) is 7.38. The van der Waals surface area contributed by atoms with E-state index in [2.05, 4.69) is 5.32 Å². The second-order valence-corrected chi connectivity index (χ2v) is 5.56. The van der Waals surface area contributed by atoms with Crippen molar-refractivity contribution in [3.8, 4) is 5.75 Å². The van der Waals surface area contributed by atoms with Crippen molar-refractivity contribution >= 4 is 11.6 Å². The molecule has 1 aliphatic carbocycles. The lowest BCUT2D eigenvalue weighted by Crippen LogP contribution is -2.25. The number of hydrogen-bond acceptors (Lipinski definition) is 3. The molecule has 110 valence electrons. The molecule has 0 bridgehead atoms. The summed E-state index contributed by atoms with van der Waals surface area (Å²) in [6, 6.07) is 5.60. The van der Waals surface area contributed by atoms with Gasteiger partial charge in [0.2, 0.25) is 5.91 Å².